The summed E-state index contributed by atoms with van der Waals surface area (Å²) in [6.45, 7) is 0. The number of aromatic nitrogens is 1. The van der Waals surface area contributed by atoms with Crippen LogP contribution in [0.3, 0.4) is 0 Å². The van der Waals surface area contributed by atoms with E-state index in [9.17, 15) is 9.59 Å². The van der Waals surface area contributed by atoms with Gasteiger partial charge in [-0.15, -0.1) is 0 Å². The van der Waals surface area contributed by atoms with Gasteiger partial charge in [-0.3, -0.25) is 9.59 Å². The Hall–Kier alpha value is -3.74. The lowest BCUT2D eigenvalue weighted by Gasteiger charge is -2.08. The second kappa shape index (κ2) is 8.30. The van der Waals surface area contributed by atoms with Gasteiger partial charge in [0.1, 0.15) is 22.9 Å². The topological polar surface area (TPSA) is 89.7 Å². The van der Waals surface area contributed by atoms with Gasteiger partial charge >= 0.3 is 0 Å². The molecule has 28 heavy (non-hydrogen) atoms. The Labute approximate surface area is 161 Å². The largest absolute Gasteiger partial charge is 0.497 e. The molecule has 0 aliphatic carbocycles. The van der Waals surface area contributed by atoms with E-state index in [0.717, 1.165) is 5.56 Å². The highest BCUT2D eigenvalue weighted by atomic mass is 16.5. The molecule has 0 unspecified atom stereocenters. The smallest absolute Gasteiger partial charge is 0.271 e. The number of hydrogen-bond donors (Lipinski definition) is 2. The number of rotatable bonds is 6. The first kappa shape index (κ1) is 19.0. The standard InChI is InChI=1S/C21H20N2O5/c1-26-14-7-8-18(27-2)13(11-14)9-10-22-21(25)16-12-17(24)15-5-4-6-19(28-3)20(15)23-16/h4-12H,1-3H3,(H,22,25)(H,23,24)/b10-9+. The number of hydrogen-bond acceptors (Lipinski definition) is 5. The van der Waals surface area contributed by atoms with Gasteiger partial charge in [0.2, 0.25) is 0 Å². The van der Waals surface area contributed by atoms with Crippen molar-refractivity contribution in [2.45, 2.75) is 0 Å². The number of H-pyrrole nitrogens is 1. The Bertz CT molecular complexity index is 1100. The lowest BCUT2D eigenvalue weighted by atomic mass is 10.1. The second-order valence-corrected chi connectivity index (χ2v) is 5.84. The lowest BCUT2D eigenvalue weighted by molar-refractivity contribution is 0.0965. The van der Waals surface area contributed by atoms with Gasteiger partial charge in [0.15, 0.2) is 5.43 Å². The number of para-hydroxylation sites is 1. The molecule has 7 heteroatoms. The molecule has 0 aliphatic heterocycles. The zero-order valence-corrected chi connectivity index (χ0v) is 15.7. The van der Waals surface area contributed by atoms with Crippen molar-refractivity contribution < 1.29 is 19.0 Å². The molecular weight excluding hydrogens is 360 g/mol. The van der Waals surface area contributed by atoms with Gasteiger partial charge in [0.25, 0.3) is 5.91 Å². The third kappa shape index (κ3) is 3.83. The summed E-state index contributed by atoms with van der Waals surface area (Å²) in [5.74, 6) is 1.33. The molecule has 0 radical (unpaired) electrons. The number of benzene rings is 2. The van der Waals surface area contributed by atoms with Crippen molar-refractivity contribution in [3.05, 3.63) is 70.1 Å². The van der Waals surface area contributed by atoms with Crippen LogP contribution in [0.2, 0.25) is 0 Å². The minimum atomic E-state index is -0.456. The first-order valence-electron chi connectivity index (χ1n) is 8.47. The van der Waals surface area contributed by atoms with Crippen molar-refractivity contribution in [1.82, 2.24) is 10.3 Å². The van der Waals surface area contributed by atoms with Crippen LogP contribution in [0, 0.1) is 0 Å². The summed E-state index contributed by atoms with van der Waals surface area (Å²) in [7, 11) is 4.64. The molecule has 3 aromatic rings. The fourth-order valence-electron chi connectivity index (χ4n) is 2.79. The predicted octanol–water partition coefficient (Wildman–Crippen LogP) is 2.95. The number of ether oxygens (including phenoxy) is 3. The van der Waals surface area contributed by atoms with E-state index in [4.69, 9.17) is 14.2 Å². The SMILES string of the molecule is COc1ccc(OC)c(/C=C/NC(=O)c2cc(=O)c3cccc(OC)c3[nH]2)c1. The highest BCUT2D eigenvalue weighted by Gasteiger charge is 2.11. The molecular formula is C21H20N2O5. The summed E-state index contributed by atoms with van der Waals surface area (Å²) in [6, 6.07) is 11.7. The zero-order valence-electron chi connectivity index (χ0n) is 15.7. The maximum Gasteiger partial charge on any atom is 0.271 e. The summed E-state index contributed by atoms with van der Waals surface area (Å²) in [5, 5.41) is 3.09. The molecule has 0 bridgehead atoms. The molecule has 144 valence electrons. The van der Waals surface area contributed by atoms with Gasteiger partial charge in [0.05, 0.1) is 26.8 Å². The summed E-state index contributed by atoms with van der Waals surface area (Å²) in [6.07, 6.45) is 3.16. The Morgan fingerprint density at radius 3 is 2.50 bits per heavy atom. The van der Waals surface area contributed by atoms with Crippen molar-refractivity contribution in [1.29, 1.82) is 0 Å². The average molecular weight is 380 g/mol. The van der Waals surface area contributed by atoms with Crippen LogP contribution in [-0.2, 0) is 0 Å². The number of carbonyl (C=O) groups is 1. The molecule has 1 heterocycles. The predicted molar refractivity (Wildman–Crippen MR) is 107 cm³/mol. The molecule has 0 fully saturated rings. The molecule has 1 amide bonds. The number of aromatic amines is 1. The maximum atomic E-state index is 12.5. The lowest BCUT2D eigenvalue weighted by Crippen LogP contribution is -2.21. The van der Waals surface area contributed by atoms with Crippen LogP contribution in [0.1, 0.15) is 16.1 Å². The summed E-state index contributed by atoms with van der Waals surface area (Å²) in [4.78, 5) is 27.8. The first-order chi connectivity index (χ1) is 13.6. The molecule has 3 rings (SSSR count). The van der Waals surface area contributed by atoms with Crippen LogP contribution >= 0.6 is 0 Å². The van der Waals surface area contributed by atoms with Crippen molar-refractivity contribution in [2.24, 2.45) is 0 Å². The van der Waals surface area contributed by atoms with Gasteiger partial charge in [-0.05, 0) is 36.4 Å². The fourth-order valence-corrected chi connectivity index (χ4v) is 2.79. The second-order valence-electron chi connectivity index (χ2n) is 5.84. The number of carbonyl (C=O) groups excluding carboxylic acids is 1. The van der Waals surface area contributed by atoms with E-state index in [-0.39, 0.29) is 11.1 Å². The molecule has 1 aromatic heterocycles. The molecule has 0 atom stereocenters. The van der Waals surface area contributed by atoms with E-state index in [0.29, 0.717) is 28.2 Å². The number of pyridine rings is 1. The maximum absolute atomic E-state index is 12.5. The van der Waals surface area contributed by atoms with Crippen LogP contribution in [0.4, 0.5) is 0 Å². The van der Waals surface area contributed by atoms with Crippen LogP contribution in [0.15, 0.2) is 53.5 Å². The van der Waals surface area contributed by atoms with Crippen molar-refractivity contribution in [2.75, 3.05) is 21.3 Å². The molecule has 7 nitrogen and oxygen atoms in total. The molecule has 0 aliphatic rings. The third-order valence-electron chi connectivity index (χ3n) is 4.21. The monoisotopic (exact) mass is 380 g/mol. The number of nitrogens with one attached hydrogen (secondary N) is 2. The van der Waals surface area contributed by atoms with E-state index >= 15 is 0 Å². The van der Waals surface area contributed by atoms with Crippen LogP contribution < -0.4 is 25.0 Å². The van der Waals surface area contributed by atoms with E-state index in [1.807, 2.05) is 0 Å². The number of amides is 1. The summed E-state index contributed by atoms with van der Waals surface area (Å²) in [5.41, 5.74) is 1.07. The highest BCUT2D eigenvalue weighted by Crippen LogP contribution is 2.25. The van der Waals surface area contributed by atoms with E-state index in [1.54, 1.807) is 56.7 Å². The Morgan fingerprint density at radius 1 is 1.00 bits per heavy atom. The summed E-state index contributed by atoms with van der Waals surface area (Å²) >= 11 is 0. The van der Waals surface area contributed by atoms with Gasteiger partial charge in [-0.25, -0.2) is 0 Å². The van der Waals surface area contributed by atoms with E-state index in [1.165, 1.54) is 19.4 Å². The molecule has 0 spiro atoms. The van der Waals surface area contributed by atoms with Crippen molar-refractivity contribution in [3.8, 4) is 17.2 Å². The first-order valence-corrected chi connectivity index (χ1v) is 8.47. The van der Waals surface area contributed by atoms with Gasteiger partial charge in [-0.2, -0.15) is 0 Å². The van der Waals surface area contributed by atoms with Crippen LogP contribution in [-0.4, -0.2) is 32.2 Å². The summed E-state index contributed by atoms with van der Waals surface area (Å²) < 4.78 is 15.8. The van der Waals surface area contributed by atoms with E-state index in [2.05, 4.69) is 10.3 Å². The molecule has 0 saturated heterocycles. The Kier molecular flexibility index (Phi) is 5.64. The van der Waals surface area contributed by atoms with Crippen molar-refractivity contribution >= 4 is 22.9 Å². The molecule has 2 N–H and O–H groups in total. The average Bonchev–Trinajstić information content (AvgIpc) is 2.73. The Morgan fingerprint density at radius 2 is 1.79 bits per heavy atom. The van der Waals surface area contributed by atoms with Gasteiger partial charge < -0.3 is 24.5 Å². The van der Waals surface area contributed by atoms with Gasteiger partial charge in [-0.1, -0.05) is 6.07 Å². The van der Waals surface area contributed by atoms with E-state index < -0.39 is 5.91 Å². The fraction of sp³-hybridized carbons (Fsp3) is 0.143. The molecule has 2 aromatic carbocycles. The highest BCUT2D eigenvalue weighted by molar-refractivity contribution is 5.96. The molecule has 0 saturated carbocycles. The van der Waals surface area contributed by atoms with Crippen molar-refractivity contribution in [3.63, 3.8) is 0 Å². The third-order valence-corrected chi connectivity index (χ3v) is 4.21. The Balaban J connectivity index is 1.86. The number of methoxy groups -OCH3 is 3. The normalized spacial score (nSPS) is 10.8. The zero-order chi connectivity index (χ0) is 20.1. The van der Waals surface area contributed by atoms with Crippen LogP contribution in [0.25, 0.3) is 17.0 Å². The van der Waals surface area contributed by atoms with Crippen LogP contribution in [0.5, 0.6) is 17.2 Å². The number of fused-ring (bicyclic) bond motifs is 1. The quantitative estimate of drug-likeness (QED) is 0.686. The van der Waals surface area contributed by atoms with Gasteiger partial charge in [0, 0.05) is 23.2 Å². The minimum absolute atomic E-state index is 0.129. The minimum Gasteiger partial charge on any atom is -0.497 e.